The molecule has 0 saturated carbocycles. The van der Waals surface area contributed by atoms with Gasteiger partial charge in [0, 0.05) is 68.5 Å². The van der Waals surface area contributed by atoms with Crippen molar-refractivity contribution in [2.45, 2.75) is 0 Å². The van der Waals surface area contributed by atoms with Crippen molar-refractivity contribution in [1.29, 1.82) is 0 Å². The molecule has 4 aromatic rings. The van der Waals surface area contributed by atoms with Gasteiger partial charge in [-0.2, -0.15) is 0 Å². The third kappa shape index (κ3) is 4.50. The van der Waals surface area contributed by atoms with Crippen LogP contribution in [0.4, 0.5) is 10.1 Å². The predicted molar refractivity (Wildman–Crippen MR) is 141 cm³/mol. The average Bonchev–Trinajstić information content (AvgIpc) is 3.21. The zero-order valence-corrected chi connectivity index (χ0v) is 21.2. The van der Waals surface area contributed by atoms with E-state index in [0.29, 0.717) is 33.1 Å². The molecule has 3 heterocycles. The Bertz CT molecular complexity index is 1470. The quantitative estimate of drug-likeness (QED) is 0.399. The van der Waals surface area contributed by atoms with Crippen molar-refractivity contribution in [2.75, 3.05) is 45.2 Å². The van der Waals surface area contributed by atoms with Gasteiger partial charge in [-0.15, -0.1) is 0 Å². The largest absolute Gasteiger partial charge is 0.495 e. The van der Waals surface area contributed by atoms with Crippen molar-refractivity contribution < 1.29 is 9.13 Å². The molecule has 0 unspecified atom stereocenters. The SMILES string of the molecule is COc1c(-c2cncc(N3CCN(C)CC3)c2)cc(F)cc1-c1ccc(-n2ccn(C)c2=O)c(Cl)c1. The third-order valence-electron chi connectivity index (χ3n) is 6.63. The topological polar surface area (TPSA) is 55.5 Å². The summed E-state index contributed by atoms with van der Waals surface area (Å²) in [5, 5.41) is 0.368. The maximum Gasteiger partial charge on any atom is 0.332 e. The van der Waals surface area contributed by atoms with Gasteiger partial charge in [0.1, 0.15) is 11.6 Å². The van der Waals surface area contributed by atoms with Crippen LogP contribution in [0.1, 0.15) is 0 Å². The number of benzene rings is 2. The number of halogens is 2. The molecular formula is C27H27ClFN5O2. The summed E-state index contributed by atoms with van der Waals surface area (Å²) in [6.07, 6.45) is 6.88. The summed E-state index contributed by atoms with van der Waals surface area (Å²) in [5.74, 6) is 0.125. The Hall–Kier alpha value is -3.62. The molecule has 9 heteroatoms. The summed E-state index contributed by atoms with van der Waals surface area (Å²) in [7, 11) is 5.35. The second-order valence-electron chi connectivity index (χ2n) is 8.98. The van der Waals surface area contributed by atoms with Crippen LogP contribution >= 0.6 is 11.6 Å². The van der Waals surface area contributed by atoms with Gasteiger partial charge in [0.15, 0.2) is 0 Å². The molecule has 2 aromatic carbocycles. The fourth-order valence-corrected chi connectivity index (χ4v) is 4.84. The molecule has 186 valence electrons. The minimum Gasteiger partial charge on any atom is -0.495 e. The third-order valence-corrected chi connectivity index (χ3v) is 6.93. The molecule has 0 atom stereocenters. The summed E-state index contributed by atoms with van der Waals surface area (Å²) in [4.78, 5) is 21.4. The molecule has 0 bridgehead atoms. The maximum absolute atomic E-state index is 14.9. The standard InChI is InChI=1S/C27H27ClFN5O2/c1-31-6-9-33(10-7-31)21-12-19(16-30-17-21)23-15-20(29)14-22(26(23)36-3)18-4-5-25(24(28)13-18)34-11-8-32(2)27(34)35/h4-5,8,11-17H,6-7,9-10H2,1-3H3. The molecule has 5 rings (SSSR count). The Kier molecular flexibility index (Phi) is 6.55. The smallest absolute Gasteiger partial charge is 0.332 e. The first-order chi connectivity index (χ1) is 17.4. The number of pyridine rings is 1. The van der Waals surface area contributed by atoms with Crippen molar-refractivity contribution in [3.05, 3.63) is 82.5 Å². The monoisotopic (exact) mass is 507 g/mol. The summed E-state index contributed by atoms with van der Waals surface area (Å²) in [6.45, 7) is 3.76. The molecule has 0 radical (unpaired) electrons. The van der Waals surface area contributed by atoms with E-state index in [-0.39, 0.29) is 5.69 Å². The molecule has 1 aliphatic rings. The summed E-state index contributed by atoms with van der Waals surface area (Å²) in [5.41, 5.74) is 3.95. The Labute approximate surface area is 213 Å². The molecule has 7 nitrogen and oxygen atoms in total. The van der Waals surface area contributed by atoms with Gasteiger partial charge in [-0.25, -0.2) is 9.18 Å². The first kappa shape index (κ1) is 24.1. The molecule has 1 fully saturated rings. The fraction of sp³-hybridized carbons (Fsp3) is 0.259. The van der Waals surface area contributed by atoms with Crippen LogP contribution in [0.25, 0.3) is 27.9 Å². The van der Waals surface area contributed by atoms with E-state index in [4.69, 9.17) is 16.3 Å². The number of likely N-dealkylation sites (N-methyl/N-ethyl adjacent to an activating group) is 1. The minimum atomic E-state index is -0.398. The van der Waals surface area contributed by atoms with Crippen molar-refractivity contribution in [1.82, 2.24) is 19.0 Å². The molecule has 0 spiro atoms. The highest BCUT2D eigenvalue weighted by atomic mass is 35.5. The predicted octanol–water partition coefficient (Wildman–Crippen LogP) is 4.46. The van der Waals surface area contributed by atoms with Gasteiger partial charge in [0.05, 0.1) is 29.7 Å². The summed E-state index contributed by atoms with van der Waals surface area (Å²) in [6, 6.07) is 10.2. The number of rotatable bonds is 5. The number of imidazole rings is 1. The van der Waals surface area contributed by atoms with Crippen molar-refractivity contribution in [2.24, 2.45) is 7.05 Å². The molecule has 1 aliphatic heterocycles. The van der Waals surface area contributed by atoms with E-state index in [1.165, 1.54) is 21.3 Å². The first-order valence-corrected chi connectivity index (χ1v) is 12.0. The number of aromatic nitrogens is 3. The minimum absolute atomic E-state index is 0.206. The lowest BCUT2D eigenvalue weighted by atomic mass is 9.97. The van der Waals surface area contributed by atoms with E-state index in [2.05, 4.69) is 21.8 Å². The van der Waals surface area contributed by atoms with Gasteiger partial charge in [-0.1, -0.05) is 17.7 Å². The van der Waals surface area contributed by atoms with E-state index < -0.39 is 5.82 Å². The molecule has 36 heavy (non-hydrogen) atoms. The highest BCUT2D eigenvalue weighted by molar-refractivity contribution is 6.32. The Morgan fingerprint density at radius 2 is 1.67 bits per heavy atom. The second-order valence-corrected chi connectivity index (χ2v) is 9.39. The highest BCUT2D eigenvalue weighted by Gasteiger charge is 2.19. The Balaban J connectivity index is 1.56. The van der Waals surface area contributed by atoms with Gasteiger partial charge in [-0.3, -0.25) is 9.55 Å². The Morgan fingerprint density at radius 3 is 2.31 bits per heavy atom. The number of hydrogen-bond donors (Lipinski definition) is 0. The molecule has 0 aliphatic carbocycles. The van der Waals surface area contributed by atoms with Crippen LogP contribution in [0.5, 0.6) is 5.75 Å². The van der Waals surface area contributed by atoms with Crippen LogP contribution in [0.3, 0.4) is 0 Å². The summed E-state index contributed by atoms with van der Waals surface area (Å²) >= 11 is 6.58. The number of nitrogens with zero attached hydrogens (tertiary/aromatic N) is 5. The number of methoxy groups -OCH3 is 1. The lowest BCUT2D eigenvalue weighted by Gasteiger charge is -2.34. The zero-order chi connectivity index (χ0) is 25.4. The van der Waals surface area contributed by atoms with Gasteiger partial charge in [0.2, 0.25) is 0 Å². The van der Waals surface area contributed by atoms with Gasteiger partial charge in [0.25, 0.3) is 0 Å². The van der Waals surface area contributed by atoms with Crippen LogP contribution in [0.15, 0.2) is 66.0 Å². The molecule has 1 saturated heterocycles. The molecular weight excluding hydrogens is 481 g/mol. The van der Waals surface area contributed by atoms with E-state index in [9.17, 15) is 9.18 Å². The van der Waals surface area contributed by atoms with Crippen LogP contribution in [-0.2, 0) is 7.05 Å². The van der Waals surface area contributed by atoms with Gasteiger partial charge < -0.3 is 19.1 Å². The van der Waals surface area contributed by atoms with Crippen molar-refractivity contribution in [3.8, 4) is 33.7 Å². The number of piperazine rings is 1. The number of aryl methyl sites for hydroxylation is 1. The molecule has 2 aromatic heterocycles. The van der Waals surface area contributed by atoms with E-state index in [1.54, 1.807) is 50.9 Å². The highest BCUT2D eigenvalue weighted by Crippen LogP contribution is 2.41. The van der Waals surface area contributed by atoms with Crippen LogP contribution < -0.4 is 15.3 Å². The van der Waals surface area contributed by atoms with Gasteiger partial charge >= 0.3 is 5.69 Å². The van der Waals surface area contributed by atoms with Crippen LogP contribution in [-0.4, -0.2) is 59.4 Å². The maximum atomic E-state index is 14.9. The van der Waals surface area contributed by atoms with Crippen LogP contribution in [0, 0.1) is 5.82 Å². The summed E-state index contributed by atoms with van der Waals surface area (Å²) < 4.78 is 23.7. The number of ether oxygens (including phenoxy) is 1. The van der Waals surface area contributed by atoms with Crippen molar-refractivity contribution >= 4 is 17.3 Å². The zero-order valence-electron chi connectivity index (χ0n) is 20.4. The van der Waals surface area contributed by atoms with E-state index in [1.807, 2.05) is 12.3 Å². The number of hydrogen-bond acceptors (Lipinski definition) is 5. The lowest BCUT2D eigenvalue weighted by Crippen LogP contribution is -2.44. The fourth-order valence-electron chi connectivity index (χ4n) is 4.57. The van der Waals surface area contributed by atoms with E-state index >= 15 is 0 Å². The Morgan fingerprint density at radius 1 is 0.944 bits per heavy atom. The molecule has 0 N–H and O–H groups in total. The first-order valence-electron chi connectivity index (χ1n) is 11.7. The second kappa shape index (κ2) is 9.79. The normalized spacial score (nSPS) is 14.3. The van der Waals surface area contributed by atoms with Crippen molar-refractivity contribution in [3.63, 3.8) is 0 Å². The van der Waals surface area contributed by atoms with Crippen LogP contribution in [0.2, 0.25) is 5.02 Å². The van der Waals surface area contributed by atoms with E-state index in [0.717, 1.165) is 37.4 Å². The number of anilines is 1. The average molecular weight is 508 g/mol. The lowest BCUT2D eigenvalue weighted by molar-refractivity contribution is 0.313. The van der Waals surface area contributed by atoms with Gasteiger partial charge in [-0.05, 0) is 42.9 Å². The molecule has 0 amide bonds.